The molecule has 0 fully saturated rings. The summed E-state index contributed by atoms with van der Waals surface area (Å²) >= 11 is 0. The van der Waals surface area contributed by atoms with Crippen molar-refractivity contribution in [3.63, 3.8) is 0 Å². The molecule has 0 spiro atoms. The van der Waals surface area contributed by atoms with Crippen molar-refractivity contribution in [1.82, 2.24) is 29.3 Å². The summed E-state index contributed by atoms with van der Waals surface area (Å²) < 4.78 is 2.76. The van der Waals surface area contributed by atoms with Crippen LogP contribution in [-0.2, 0) is 11.3 Å². The van der Waals surface area contributed by atoms with Gasteiger partial charge in [0.2, 0.25) is 5.91 Å². The Kier molecular flexibility index (Phi) is 4.63. The second kappa shape index (κ2) is 7.27. The number of fused-ring (bicyclic) bond motifs is 1. The number of carbonyl (C=O) groups is 1. The van der Waals surface area contributed by atoms with Crippen LogP contribution in [0.1, 0.15) is 17.1 Å². The zero-order valence-electron chi connectivity index (χ0n) is 16.2. The van der Waals surface area contributed by atoms with Crippen molar-refractivity contribution in [3.8, 4) is 5.95 Å². The zero-order chi connectivity index (χ0) is 20.5. The van der Waals surface area contributed by atoms with E-state index in [2.05, 4.69) is 25.4 Å². The molecule has 1 aromatic carbocycles. The molecule has 0 aliphatic carbocycles. The monoisotopic (exact) mass is 389 g/mol. The van der Waals surface area contributed by atoms with Gasteiger partial charge in [0.25, 0.3) is 11.5 Å². The van der Waals surface area contributed by atoms with Crippen molar-refractivity contribution in [2.75, 3.05) is 5.32 Å². The Bertz CT molecular complexity index is 1270. The minimum absolute atomic E-state index is 0.172. The lowest BCUT2D eigenvalue weighted by molar-refractivity contribution is -0.116. The van der Waals surface area contributed by atoms with Crippen molar-refractivity contribution in [2.24, 2.45) is 0 Å². The van der Waals surface area contributed by atoms with Gasteiger partial charge in [0.1, 0.15) is 12.4 Å². The second-order valence-electron chi connectivity index (χ2n) is 6.78. The quantitative estimate of drug-likeness (QED) is 0.571. The number of anilines is 1. The third kappa shape index (κ3) is 3.75. The molecule has 4 aromatic rings. The second-order valence-corrected chi connectivity index (χ2v) is 6.78. The van der Waals surface area contributed by atoms with E-state index in [4.69, 9.17) is 0 Å². The van der Waals surface area contributed by atoms with Gasteiger partial charge in [0, 0.05) is 17.5 Å². The van der Waals surface area contributed by atoms with Crippen LogP contribution in [0.4, 0.5) is 5.82 Å². The Morgan fingerprint density at radius 3 is 2.52 bits per heavy atom. The summed E-state index contributed by atoms with van der Waals surface area (Å²) in [6.45, 7) is 5.37. The zero-order valence-corrected chi connectivity index (χ0v) is 16.2. The topological polar surface area (TPSA) is 108 Å². The minimum atomic E-state index is -0.380. The first-order valence-electron chi connectivity index (χ1n) is 9.04. The van der Waals surface area contributed by atoms with E-state index in [1.54, 1.807) is 24.3 Å². The molecule has 0 saturated carbocycles. The molecule has 9 nitrogen and oxygen atoms in total. The van der Waals surface area contributed by atoms with Crippen molar-refractivity contribution < 1.29 is 4.79 Å². The molecular weight excluding hydrogens is 370 g/mol. The molecule has 1 N–H and O–H groups in total. The summed E-state index contributed by atoms with van der Waals surface area (Å²) in [6, 6.07) is 10.6. The summed E-state index contributed by atoms with van der Waals surface area (Å²) in [6.07, 6.45) is 1.37. The third-order valence-corrected chi connectivity index (χ3v) is 4.30. The van der Waals surface area contributed by atoms with Crippen molar-refractivity contribution >= 4 is 22.6 Å². The highest BCUT2D eigenvalue weighted by molar-refractivity contribution is 5.90. The molecule has 0 atom stereocenters. The first kappa shape index (κ1) is 18.5. The van der Waals surface area contributed by atoms with Gasteiger partial charge >= 0.3 is 0 Å². The van der Waals surface area contributed by atoms with Crippen LogP contribution in [0, 0.1) is 20.8 Å². The molecule has 29 heavy (non-hydrogen) atoms. The molecule has 3 heterocycles. The maximum absolute atomic E-state index is 12.6. The standard InChI is InChI=1S/C20H19N7O2/c1-12-8-13(2)23-20(22-12)27-17(9-14(3)25-27)24-18(28)10-26-11-21-16-7-5-4-6-15(16)19(26)29/h4-9,11H,10H2,1-3H3,(H,24,28). The lowest BCUT2D eigenvalue weighted by atomic mass is 10.2. The summed E-state index contributed by atoms with van der Waals surface area (Å²) in [4.78, 5) is 38.2. The number of rotatable bonds is 4. The van der Waals surface area contributed by atoms with Gasteiger partial charge in [-0.05, 0) is 39.0 Å². The number of benzene rings is 1. The van der Waals surface area contributed by atoms with Gasteiger partial charge < -0.3 is 5.32 Å². The Balaban J connectivity index is 1.61. The maximum atomic E-state index is 12.6. The van der Waals surface area contributed by atoms with Crippen LogP contribution >= 0.6 is 0 Å². The maximum Gasteiger partial charge on any atom is 0.261 e. The highest BCUT2D eigenvalue weighted by Gasteiger charge is 2.15. The predicted octanol–water partition coefficient (Wildman–Crippen LogP) is 1.94. The Morgan fingerprint density at radius 1 is 1.03 bits per heavy atom. The normalized spacial score (nSPS) is 11.0. The van der Waals surface area contributed by atoms with Crippen LogP contribution in [0.2, 0.25) is 0 Å². The van der Waals surface area contributed by atoms with Crippen molar-refractivity contribution in [2.45, 2.75) is 27.3 Å². The van der Waals surface area contributed by atoms with Crippen molar-refractivity contribution in [1.29, 1.82) is 0 Å². The molecule has 3 aromatic heterocycles. The predicted molar refractivity (Wildman–Crippen MR) is 108 cm³/mol. The molecule has 1 amide bonds. The molecule has 0 aliphatic rings. The Hall–Kier alpha value is -3.88. The summed E-state index contributed by atoms with van der Waals surface area (Å²) in [5.74, 6) is 0.421. The average molecular weight is 389 g/mol. The third-order valence-electron chi connectivity index (χ3n) is 4.30. The lowest BCUT2D eigenvalue weighted by Gasteiger charge is -2.10. The van der Waals surface area contributed by atoms with Crippen molar-refractivity contribution in [3.05, 3.63) is 70.2 Å². The van der Waals surface area contributed by atoms with E-state index in [-0.39, 0.29) is 18.0 Å². The molecule has 4 rings (SSSR count). The number of nitrogens with zero attached hydrogens (tertiary/aromatic N) is 6. The smallest absolute Gasteiger partial charge is 0.261 e. The van der Waals surface area contributed by atoms with E-state index in [9.17, 15) is 9.59 Å². The fourth-order valence-corrected chi connectivity index (χ4v) is 3.10. The fraction of sp³-hybridized carbons (Fsp3) is 0.200. The van der Waals surface area contributed by atoms with Gasteiger partial charge in [-0.2, -0.15) is 9.78 Å². The summed E-state index contributed by atoms with van der Waals surface area (Å²) in [7, 11) is 0. The molecule has 9 heteroatoms. The molecule has 0 aliphatic heterocycles. The minimum Gasteiger partial charge on any atom is -0.309 e. The highest BCUT2D eigenvalue weighted by Crippen LogP contribution is 2.15. The van der Waals surface area contributed by atoms with Gasteiger partial charge in [0.05, 0.1) is 22.9 Å². The van der Waals surface area contributed by atoms with Gasteiger partial charge in [-0.15, -0.1) is 0 Å². The molecule has 0 saturated heterocycles. The number of para-hydroxylation sites is 1. The van der Waals surface area contributed by atoms with E-state index in [0.717, 1.165) is 11.4 Å². The van der Waals surface area contributed by atoms with Gasteiger partial charge in [-0.3, -0.25) is 14.2 Å². The number of nitrogens with one attached hydrogen (secondary N) is 1. The highest BCUT2D eigenvalue weighted by atomic mass is 16.2. The van der Waals surface area contributed by atoms with Crippen LogP contribution in [0.25, 0.3) is 16.9 Å². The fourth-order valence-electron chi connectivity index (χ4n) is 3.10. The first-order valence-corrected chi connectivity index (χ1v) is 9.04. The Morgan fingerprint density at radius 2 is 1.76 bits per heavy atom. The van der Waals surface area contributed by atoms with Gasteiger partial charge in [0.15, 0.2) is 0 Å². The van der Waals surface area contributed by atoms with Crippen LogP contribution in [0.15, 0.2) is 47.5 Å². The van der Waals surface area contributed by atoms with E-state index < -0.39 is 0 Å². The molecule has 0 radical (unpaired) electrons. The largest absolute Gasteiger partial charge is 0.309 e. The van der Waals surface area contributed by atoms with E-state index in [1.165, 1.54) is 15.6 Å². The summed E-state index contributed by atoms with van der Waals surface area (Å²) in [5.41, 5.74) is 2.62. The van der Waals surface area contributed by atoms with Crippen LogP contribution in [-0.4, -0.2) is 35.2 Å². The molecular formula is C20H19N7O2. The number of hydrogen-bond acceptors (Lipinski definition) is 6. The van der Waals surface area contributed by atoms with E-state index >= 15 is 0 Å². The number of hydrogen-bond donors (Lipinski definition) is 1. The van der Waals surface area contributed by atoms with E-state index in [0.29, 0.717) is 28.4 Å². The molecule has 0 bridgehead atoms. The average Bonchev–Trinajstić information content (AvgIpc) is 3.03. The SMILES string of the molecule is Cc1cc(C)nc(-n2nc(C)cc2NC(=O)Cn2cnc3ccccc3c2=O)n1. The summed E-state index contributed by atoms with van der Waals surface area (Å²) in [5, 5.41) is 7.63. The number of aryl methyl sites for hydroxylation is 3. The van der Waals surface area contributed by atoms with Gasteiger partial charge in [-0.1, -0.05) is 12.1 Å². The van der Waals surface area contributed by atoms with Crippen LogP contribution < -0.4 is 10.9 Å². The number of carbonyl (C=O) groups excluding carboxylic acids is 1. The molecule has 0 unspecified atom stereocenters. The first-order chi connectivity index (χ1) is 13.9. The van der Waals surface area contributed by atoms with Crippen LogP contribution in [0.5, 0.6) is 0 Å². The number of amides is 1. The Labute approximate surface area is 166 Å². The van der Waals surface area contributed by atoms with Crippen LogP contribution in [0.3, 0.4) is 0 Å². The van der Waals surface area contributed by atoms with Gasteiger partial charge in [-0.25, -0.2) is 15.0 Å². The number of aromatic nitrogens is 6. The molecule has 146 valence electrons. The van der Waals surface area contributed by atoms with E-state index in [1.807, 2.05) is 32.9 Å². The lowest BCUT2D eigenvalue weighted by Crippen LogP contribution is -2.28.